The van der Waals surface area contributed by atoms with Crippen molar-refractivity contribution < 1.29 is 19.5 Å². The molecule has 1 aromatic rings. The molecule has 186 valence electrons. The first-order valence-electron chi connectivity index (χ1n) is 12.7. The Kier molecular flexibility index (Phi) is 6.25. The highest BCUT2D eigenvalue weighted by Gasteiger charge is 2.56. The molecule has 7 atom stereocenters. The third-order valence-electron chi connectivity index (χ3n) is 8.90. The number of fused-ring (bicyclic) bond motifs is 4. The minimum Gasteiger partial charge on any atom is -0.461 e. The maximum atomic E-state index is 13.4. The summed E-state index contributed by atoms with van der Waals surface area (Å²) in [6.45, 7) is 9.10. The lowest BCUT2D eigenvalue weighted by atomic mass is 9.60. The highest BCUT2D eigenvalue weighted by molar-refractivity contribution is 6.33. The molecule has 4 unspecified atom stereocenters. The van der Waals surface area contributed by atoms with Gasteiger partial charge < -0.3 is 9.84 Å². The third-order valence-corrected chi connectivity index (χ3v) is 9.20. The van der Waals surface area contributed by atoms with E-state index in [0.717, 1.165) is 12.8 Å². The van der Waals surface area contributed by atoms with Gasteiger partial charge in [0, 0.05) is 31.4 Å². The first-order valence-corrected chi connectivity index (χ1v) is 13.0. The molecule has 5 rings (SSSR count). The predicted molar refractivity (Wildman–Crippen MR) is 132 cm³/mol. The number of para-hydroxylation sites is 1. The van der Waals surface area contributed by atoms with Crippen molar-refractivity contribution in [1.29, 1.82) is 0 Å². The van der Waals surface area contributed by atoms with Gasteiger partial charge in [-0.15, -0.1) is 0 Å². The second-order valence-electron chi connectivity index (χ2n) is 11.1. The lowest BCUT2D eigenvalue weighted by Crippen LogP contribution is -2.51. The molecular formula is C27H37ClN2O4. The number of esters is 1. The standard InChI is InChI=1S/C27H37ClN2O4/c1-14(2)17-8-6-9-18-22(12-15(3)16(4)23(17)18)33-25(31)21-13-27(32)19-10-7-11-20(28)24(19)30(5)34-26(27)29-21/h7,10-11,14,17-18,21-23,26,29,32H,6,8-9,12-13H2,1-5H3/t17?,18?,21-,22?,23?,26+,27+/m0/s1. The summed E-state index contributed by atoms with van der Waals surface area (Å²) in [7, 11) is 1.76. The van der Waals surface area contributed by atoms with Gasteiger partial charge in [-0.1, -0.05) is 55.1 Å². The summed E-state index contributed by atoms with van der Waals surface area (Å²) < 4.78 is 6.24. The van der Waals surface area contributed by atoms with Crippen LogP contribution in [0.15, 0.2) is 29.3 Å². The molecular weight excluding hydrogens is 452 g/mol. The summed E-state index contributed by atoms with van der Waals surface area (Å²) in [6.07, 6.45) is 3.64. The van der Waals surface area contributed by atoms with Crippen LogP contribution in [0.2, 0.25) is 5.02 Å². The number of allylic oxidation sites excluding steroid dienone is 1. The molecule has 0 spiro atoms. The number of anilines is 1. The zero-order valence-electron chi connectivity index (χ0n) is 20.8. The van der Waals surface area contributed by atoms with Crippen molar-refractivity contribution in [3.63, 3.8) is 0 Å². The maximum Gasteiger partial charge on any atom is 0.323 e. The fourth-order valence-corrected chi connectivity index (χ4v) is 7.34. The minimum absolute atomic E-state index is 0.118. The largest absolute Gasteiger partial charge is 0.461 e. The number of ether oxygens (including phenoxy) is 1. The van der Waals surface area contributed by atoms with E-state index in [1.54, 1.807) is 18.2 Å². The zero-order valence-corrected chi connectivity index (χ0v) is 21.6. The third kappa shape index (κ3) is 3.78. The Hall–Kier alpha value is -1.60. The van der Waals surface area contributed by atoms with Crippen LogP contribution in [0.3, 0.4) is 0 Å². The zero-order chi connectivity index (χ0) is 24.4. The molecule has 0 radical (unpaired) electrons. The van der Waals surface area contributed by atoms with Crippen molar-refractivity contribution in [3.05, 3.63) is 39.9 Å². The molecule has 0 bridgehead atoms. The van der Waals surface area contributed by atoms with E-state index in [-0.39, 0.29) is 18.5 Å². The van der Waals surface area contributed by atoms with Crippen molar-refractivity contribution in [3.8, 4) is 0 Å². The van der Waals surface area contributed by atoms with E-state index < -0.39 is 17.9 Å². The average Bonchev–Trinajstić information content (AvgIpc) is 3.14. The fraction of sp³-hybridized carbons (Fsp3) is 0.667. The molecule has 2 aliphatic heterocycles. The highest BCUT2D eigenvalue weighted by atomic mass is 35.5. The summed E-state index contributed by atoms with van der Waals surface area (Å²) in [4.78, 5) is 19.4. The molecule has 1 aromatic carbocycles. The molecule has 2 N–H and O–H groups in total. The van der Waals surface area contributed by atoms with E-state index in [1.807, 2.05) is 12.1 Å². The Morgan fingerprint density at radius 2 is 2.09 bits per heavy atom. The molecule has 4 aliphatic rings. The Morgan fingerprint density at radius 3 is 2.82 bits per heavy atom. The fourth-order valence-electron chi connectivity index (χ4n) is 7.05. The molecule has 2 fully saturated rings. The van der Waals surface area contributed by atoms with Crippen LogP contribution in [0, 0.1) is 23.7 Å². The van der Waals surface area contributed by atoms with Gasteiger partial charge in [-0.25, -0.2) is 0 Å². The van der Waals surface area contributed by atoms with E-state index in [9.17, 15) is 9.90 Å². The first-order chi connectivity index (χ1) is 16.1. The van der Waals surface area contributed by atoms with Crippen LogP contribution in [0.1, 0.15) is 65.4 Å². The van der Waals surface area contributed by atoms with Gasteiger partial charge in [0.05, 0.1) is 10.7 Å². The number of aliphatic hydroxyl groups is 1. The summed E-state index contributed by atoms with van der Waals surface area (Å²) in [5, 5.41) is 16.9. The topological polar surface area (TPSA) is 71.0 Å². The Labute approximate surface area is 207 Å². The molecule has 0 aromatic heterocycles. The monoisotopic (exact) mass is 488 g/mol. The van der Waals surface area contributed by atoms with Gasteiger partial charge in [0.1, 0.15) is 17.7 Å². The van der Waals surface area contributed by atoms with Gasteiger partial charge >= 0.3 is 5.97 Å². The van der Waals surface area contributed by atoms with Crippen molar-refractivity contribution in [2.24, 2.45) is 23.7 Å². The summed E-state index contributed by atoms with van der Waals surface area (Å²) in [5.41, 5.74) is 2.80. The van der Waals surface area contributed by atoms with Gasteiger partial charge in [0.25, 0.3) is 0 Å². The van der Waals surface area contributed by atoms with Crippen LogP contribution in [0.25, 0.3) is 0 Å². The van der Waals surface area contributed by atoms with Crippen molar-refractivity contribution in [2.75, 3.05) is 12.1 Å². The van der Waals surface area contributed by atoms with E-state index in [4.69, 9.17) is 21.2 Å². The number of nitrogens with one attached hydrogen (secondary N) is 1. The van der Waals surface area contributed by atoms with E-state index in [1.165, 1.54) is 24.0 Å². The van der Waals surface area contributed by atoms with Gasteiger partial charge in [-0.2, -0.15) is 0 Å². The quantitative estimate of drug-likeness (QED) is 0.464. The SMILES string of the molecule is CC1=C(C)C2C(C(C)C)CCCC2C(OC(=O)[C@@H]2C[C@@]3(O)c4cccc(Cl)c4N(C)O[C@H]3N2)C1. The summed E-state index contributed by atoms with van der Waals surface area (Å²) in [5.74, 6) is 1.78. The molecule has 34 heavy (non-hydrogen) atoms. The number of carbonyl (C=O) groups is 1. The predicted octanol–water partition coefficient (Wildman–Crippen LogP) is 4.94. The Morgan fingerprint density at radius 1 is 1.32 bits per heavy atom. The molecule has 1 saturated carbocycles. The summed E-state index contributed by atoms with van der Waals surface area (Å²) >= 11 is 6.39. The van der Waals surface area contributed by atoms with Gasteiger partial charge in [-0.05, 0) is 50.5 Å². The summed E-state index contributed by atoms with van der Waals surface area (Å²) in [6, 6.07) is 4.78. The van der Waals surface area contributed by atoms with E-state index in [2.05, 4.69) is 33.0 Å². The smallest absolute Gasteiger partial charge is 0.323 e. The van der Waals surface area contributed by atoms with Gasteiger partial charge in [0.15, 0.2) is 6.23 Å². The number of hydrogen-bond donors (Lipinski definition) is 2. The van der Waals surface area contributed by atoms with Crippen LogP contribution in [0.5, 0.6) is 0 Å². The number of carbonyl (C=O) groups excluding carboxylic acids is 1. The van der Waals surface area contributed by atoms with Crippen LogP contribution < -0.4 is 10.4 Å². The second kappa shape index (κ2) is 8.81. The van der Waals surface area contributed by atoms with Crippen LogP contribution in [-0.2, 0) is 20.0 Å². The number of benzene rings is 1. The highest BCUT2D eigenvalue weighted by Crippen LogP contribution is 2.51. The number of nitrogens with zero attached hydrogens (tertiary/aromatic N) is 1. The molecule has 7 heteroatoms. The van der Waals surface area contributed by atoms with E-state index >= 15 is 0 Å². The number of halogens is 1. The minimum atomic E-state index is -1.36. The first kappa shape index (κ1) is 24.1. The van der Waals surface area contributed by atoms with Crippen LogP contribution in [0.4, 0.5) is 5.69 Å². The average molecular weight is 489 g/mol. The second-order valence-corrected chi connectivity index (χ2v) is 11.5. The maximum absolute atomic E-state index is 13.4. The lowest BCUT2D eigenvalue weighted by Gasteiger charge is -2.47. The molecule has 6 nitrogen and oxygen atoms in total. The number of hydrogen-bond acceptors (Lipinski definition) is 6. The molecule has 0 amide bonds. The van der Waals surface area contributed by atoms with Gasteiger partial charge in [-0.3, -0.25) is 20.0 Å². The van der Waals surface area contributed by atoms with Crippen LogP contribution >= 0.6 is 11.6 Å². The molecule has 1 saturated heterocycles. The van der Waals surface area contributed by atoms with Crippen molar-refractivity contribution >= 4 is 23.3 Å². The molecule has 2 heterocycles. The molecule has 2 aliphatic carbocycles. The van der Waals surface area contributed by atoms with Crippen LogP contribution in [-0.4, -0.2) is 36.5 Å². The van der Waals surface area contributed by atoms with Crippen molar-refractivity contribution in [2.45, 2.75) is 83.8 Å². The number of rotatable bonds is 3. The van der Waals surface area contributed by atoms with Gasteiger partial charge in [0.2, 0.25) is 0 Å². The lowest BCUT2D eigenvalue weighted by molar-refractivity contribution is -0.157. The normalized spacial score (nSPS) is 37.4. The van der Waals surface area contributed by atoms with E-state index in [0.29, 0.717) is 39.9 Å². The number of hydroxylamine groups is 1. The Balaban J connectivity index is 1.36. The van der Waals surface area contributed by atoms with Crippen molar-refractivity contribution in [1.82, 2.24) is 5.32 Å². The Bertz CT molecular complexity index is 1010.